The van der Waals surface area contributed by atoms with Gasteiger partial charge in [0.05, 0.1) is 7.11 Å². The lowest BCUT2D eigenvalue weighted by molar-refractivity contribution is 0.302. The van der Waals surface area contributed by atoms with Gasteiger partial charge in [-0.2, -0.15) is 0 Å². The molecule has 120 valence electrons. The smallest absolute Gasteiger partial charge is 0.114 e. The summed E-state index contributed by atoms with van der Waals surface area (Å²) in [6, 6.07) is 6.76. The molecule has 1 aromatic carbocycles. The van der Waals surface area contributed by atoms with Crippen LogP contribution < -0.4 is 10.6 Å². The van der Waals surface area contributed by atoms with Crippen LogP contribution in [0.2, 0.25) is 0 Å². The number of ether oxygens (including phenoxy) is 1. The van der Waals surface area contributed by atoms with E-state index in [0.717, 1.165) is 47.2 Å². The fraction of sp³-hybridized carbons (Fsp3) is 0.412. The van der Waals surface area contributed by atoms with Gasteiger partial charge in [0.25, 0.3) is 0 Å². The third-order valence-electron chi connectivity index (χ3n) is 3.49. The molecule has 2 rings (SSSR count). The predicted molar refractivity (Wildman–Crippen MR) is 98.8 cm³/mol. The molecule has 0 amide bonds. The highest BCUT2D eigenvalue weighted by molar-refractivity contribution is 9.11. The summed E-state index contributed by atoms with van der Waals surface area (Å²) in [5, 5.41) is 7.02. The first-order chi connectivity index (χ1) is 10.7. The van der Waals surface area contributed by atoms with Gasteiger partial charge in [0, 0.05) is 21.5 Å². The molecule has 1 aromatic rings. The topological polar surface area (TPSA) is 33.3 Å². The van der Waals surface area contributed by atoms with Crippen LogP contribution in [0.4, 0.5) is 0 Å². The van der Waals surface area contributed by atoms with E-state index in [2.05, 4.69) is 72.8 Å². The molecule has 0 fully saturated rings. The predicted octanol–water partition coefficient (Wildman–Crippen LogP) is 4.14. The Morgan fingerprint density at radius 1 is 1.18 bits per heavy atom. The Bertz CT molecular complexity index is 523. The average Bonchev–Trinajstić information content (AvgIpc) is 2.50. The van der Waals surface area contributed by atoms with Gasteiger partial charge in [0.15, 0.2) is 0 Å². The molecular formula is C17H22Br2N2O. The number of methoxy groups -OCH3 is 1. The molecule has 0 bridgehead atoms. The molecule has 0 heterocycles. The van der Waals surface area contributed by atoms with Crippen LogP contribution in [0.1, 0.15) is 18.4 Å². The Kier molecular flexibility index (Phi) is 7.66. The summed E-state index contributed by atoms with van der Waals surface area (Å²) in [7, 11) is 1.71. The number of nitrogens with one attached hydrogen (secondary N) is 2. The van der Waals surface area contributed by atoms with E-state index in [-0.39, 0.29) is 0 Å². The van der Waals surface area contributed by atoms with E-state index >= 15 is 0 Å². The first-order valence-electron chi connectivity index (χ1n) is 7.49. The minimum Gasteiger partial charge on any atom is -0.497 e. The van der Waals surface area contributed by atoms with Crippen molar-refractivity contribution in [2.24, 2.45) is 0 Å². The maximum Gasteiger partial charge on any atom is 0.114 e. The average molecular weight is 430 g/mol. The second kappa shape index (κ2) is 9.50. The first kappa shape index (κ1) is 17.7. The minimum atomic E-state index is 0.430. The van der Waals surface area contributed by atoms with Crippen molar-refractivity contribution >= 4 is 31.9 Å². The van der Waals surface area contributed by atoms with E-state index in [1.165, 1.54) is 5.56 Å². The van der Waals surface area contributed by atoms with Crippen LogP contribution in [0.3, 0.4) is 0 Å². The Hall–Kier alpha value is -0.620. The largest absolute Gasteiger partial charge is 0.497 e. The summed E-state index contributed by atoms with van der Waals surface area (Å²) < 4.78 is 7.39. The van der Waals surface area contributed by atoms with Crippen LogP contribution in [0.25, 0.3) is 0 Å². The molecule has 5 heteroatoms. The molecule has 22 heavy (non-hydrogen) atoms. The monoisotopic (exact) mass is 428 g/mol. The molecule has 0 radical (unpaired) electrons. The number of allylic oxidation sites excluding steroid dienone is 1. The number of halogens is 2. The van der Waals surface area contributed by atoms with Gasteiger partial charge in [0.2, 0.25) is 0 Å². The van der Waals surface area contributed by atoms with Crippen molar-refractivity contribution < 1.29 is 4.74 Å². The quantitative estimate of drug-likeness (QED) is 0.609. The molecule has 0 aliphatic heterocycles. The number of hydrogen-bond acceptors (Lipinski definition) is 3. The third-order valence-corrected chi connectivity index (χ3v) is 4.41. The van der Waals surface area contributed by atoms with Crippen LogP contribution in [0.5, 0.6) is 0 Å². The molecule has 0 saturated heterocycles. The van der Waals surface area contributed by atoms with Crippen LogP contribution >= 0.6 is 31.9 Å². The molecule has 0 aromatic heterocycles. The highest BCUT2D eigenvalue weighted by Gasteiger charge is 2.07. The molecule has 1 aliphatic rings. The van der Waals surface area contributed by atoms with E-state index in [1.54, 1.807) is 7.11 Å². The molecule has 0 saturated carbocycles. The van der Waals surface area contributed by atoms with Crippen molar-refractivity contribution in [2.75, 3.05) is 20.2 Å². The second-order valence-electron chi connectivity index (χ2n) is 5.27. The summed E-state index contributed by atoms with van der Waals surface area (Å²) in [6.07, 6.45) is 8.44. The van der Waals surface area contributed by atoms with Crippen molar-refractivity contribution in [2.45, 2.75) is 25.4 Å². The van der Waals surface area contributed by atoms with Gasteiger partial charge in [0.1, 0.15) is 5.76 Å². The molecule has 1 atom stereocenters. The zero-order valence-corrected chi connectivity index (χ0v) is 15.9. The van der Waals surface area contributed by atoms with E-state index < -0.39 is 0 Å². The fourth-order valence-corrected chi connectivity index (χ4v) is 3.74. The lowest BCUT2D eigenvalue weighted by atomic mass is 10.1. The second-order valence-corrected chi connectivity index (χ2v) is 7.11. The van der Waals surface area contributed by atoms with Gasteiger partial charge in [-0.3, -0.25) is 0 Å². The van der Waals surface area contributed by atoms with Crippen LogP contribution in [-0.2, 0) is 11.3 Å². The van der Waals surface area contributed by atoms with Gasteiger partial charge in [-0.05, 0) is 61.8 Å². The number of hydrogen-bond donors (Lipinski definition) is 2. The van der Waals surface area contributed by atoms with Crippen LogP contribution in [0.15, 0.2) is 51.1 Å². The lowest BCUT2D eigenvalue weighted by Crippen LogP contribution is -2.30. The van der Waals surface area contributed by atoms with Crippen molar-refractivity contribution in [3.63, 3.8) is 0 Å². The zero-order chi connectivity index (χ0) is 15.8. The maximum absolute atomic E-state index is 5.19. The molecule has 2 N–H and O–H groups in total. The fourth-order valence-electron chi connectivity index (χ4n) is 2.35. The molecule has 0 spiro atoms. The SMILES string of the molecule is COC1=CCC(NCCCNCc2cc(Br)cc(Br)c2)C=C1. The molecule has 1 aliphatic carbocycles. The standard InChI is InChI=1S/C17H22Br2N2O/c1-22-17-5-3-16(4-6-17)21-8-2-7-20-12-13-9-14(18)11-15(19)10-13/h3,5-6,9-11,16,20-21H,2,4,7-8,12H2,1H3. The summed E-state index contributed by atoms with van der Waals surface area (Å²) >= 11 is 7.02. The van der Waals surface area contributed by atoms with Crippen LogP contribution in [0, 0.1) is 0 Å². The minimum absolute atomic E-state index is 0.430. The molecule has 3 nitrogen and oxygen atoms in total. The maximum atomic E-state index is 5.19. The summed E-state index contributed by atoms with van der Waals surface area (Å²) in [4.78, 5) is 0. The van der Waals surface area contributed by atoms with Gasteiger partial charge >= 0.3 is 0 Å². The summed E-state index contributed by atoms with van der Waals surface area (Å²) in [5.74, 6) is 0.958. The third kappa shape index (κ3) is 6.24. The Balaban J connectivity index is 1.56. The molecular weight excluding hydrogens is 408 g/mol. The van der Waals surface area contributed by atoms with E-state index in [0.29, 0.717) is 6.04 Å². The van der Waals surface area contributed by atoms with Crippen LogP contribution in [-0.4, -0.2) is 26.2 Å². The van der Waals surface area contributed by atoms with E-state index in [1.807, 2.05) is 6.08 Å². The van der Waals surface area contributed by atoms with Gasteiger partial charge in [-0.15, -0.1) is 0 Å². The van der Waals surface area contributed by atoms with Gasteiger partial charge < -0.3 is 15.4 Å². The first-order valence-corrected chi connectivity index (χ1v) is 9.07. The summed E-state index contributed by atoms with van der Waals surface area (Å²) in [6.45, 7) is 2.91. The van der Waals surface area contributed by atoms with E-state index in [9.17, 15) is 0 Å². The lowest BCUT2D eigenvalue weighted by Gasteiger charge is -2.17. The number of benzene rings is 1. The van der Waals surface area contributed by atoms with Gasteiger partial charge in [-0.25, -0.2) is 0 Å². The zero-order valence-electron chi connectivity index (χ0n) is 12.7. The Labute approximate surface area is 149 Å². The number of rotatable bonds is 8. The Morgan fingerprint density at radius 2 is 1.95 bits per heavy atom. The van der Waals surface area contributed by atoms with Crippen molar-refractivity contribution in [1.82, 2.24) is 10.6 Å². The van der Waals surface area contributed by atoms with Crippen molar-refractivity contribution in [3.8, 4) is 0 Å². The highest BCUT2D eigenvalue weighted by atomic mass is 79.9. The van der Waals surface area contributed by atoms with Gasteiger partial charge in [-0.1, -0.05) is 37.9 Å². The van der Waals surface area contributed by atoms with Crippen molar-refractivity contribution in [1.29, 1.82) is 0 Å². The Morgan fingerprint density at radius 3 is 2.59 bits per heavy atom. The summed E-state index contributed by atoms with van der Waals surface area (Å²) in [5.41, 5.74) is 1.28. The molecule has 1 unspecified atom stereocenters. The highest BCUT2D eigenvalue weighted by Crippen LogP contribution is 2.19. The normalized spacial score (nSPS) is 17.4. The van der Waals surface area contributed by atoms with E-state index in [4.69, 9.17) is 4.74 Å². The van der Waals surface area contributed by atoms with Crippen molar-refractivity contribution in [3.05, 3.63) is 56.7 Å².